The molecule has 23 heavy (non-hydrogen) atoms. The maximum absolute atomic E-state index is 12.5. The molecule has 0 bridgehead atoms. The molecule has 0 aliphatic carbocycles. The number of aromatic nitrogens is 1. The van der Waals surface area contributed by atoms with E-state index in [4.69, 9.17) is 0 Å². The first-order valence-electron chi connectivity index (χ1n) is 6.75. The minimum absolute atomic E-state index is 0.180. The van der Waals surface area contributed by atoms with Crippen molar-refractivity contribution in [2.45, 2.75) is 11.4 Å². The van der Waals surface area contributed by atoms with Crippen molar-refractivity contribution in [3.05, 3.63) is 69.2 Å². The van der Waals surface area contributed by atoms with Gasteiger partial charge in [-0.3, -0.25) is 4.98 Å². The fourth-order valence-corrected chi connectivity index (χ4v) is 5.00. The van der Waals surface area contributed by atoms with Crippen molar-refractivity contribution in [3.8, 4) is 0 Å². The average Bonchev–Trinajstić information content (AvgIpc) is 2.52. The summed E-state index contributed by atoms with van der Waals surface area (Å²) in [5.41, 5.74) is 1.63. The van der Waals surface area contributed by atoms with Gasteiger partial charge in [0, 0.05) is 27.1 Å². The van der Waals surface area contributed by atoms with Crippen molar-refractivity contribution in [3.63, 3.8) is 0 Å². The molecule has 0 aliphatic heterocycles. The third-order valence-electron chi connectivity index (χ3n) is 3.35. The smallest absolute Gasteiger partial charge is 0.241 e. The maximum Gasteiger partial charge on any atom is 0.241 e. The molecule has 0 saturated heterocycles. The fourth-order valence-electron chi connectivity index (χ4n) is 2.25. The van der Waals surface area contributed by atoms with Crippen LogP contribution in [0.15, 0.2) is 68.6 Å². The third-order valence-corrected chi connectivity index (χ3v) is 6.22. The molecular weight excluding hydrogens is 444 g/mol. The van der Waals surface area contributed by atoms with Gasteiger partial charge in [-0.15, -0.1) is 0 Å². The van der Waals surface area contributed by atoms with Crippen LogP contribution in [0, 0.1) is 0 Å². The topological polar surface area (TPSA) is 59.1 Å². The third kappa shape index (κ3) is 3.63. The lowest BCUT2D eigenvalue weighted by molar-refractivity contribution is 0.581. The number of nitrogens with zero attached hydrogens (tertiary/aromatic N) is 1. The van der Waals surface area contributed by atoms with Crippen LogP contribution in [0.4, 0.5) is 0 Å². The molecule has 0 saturated carbocycles. The molecule has 0 atom stereocenters. The van der Waals surface area contributed by atoms with Gasteiger partial charge in [0.25, 0.3) is 0 Å². The molecule has 0 amide bonds. The van der Waals surface area contributed by atoms with Crippen molar-refractivity contribution in [2.75, 3.05) is 0 Å². The lowest BCUT2D eigenvalue weighted by Crippen LogP contribution is -2.23. The van der Waals surface area contributed by atoms with Crippen LogP contribution in [-0.4, -0.2) is 13.4 Å². The molecule has 1 N–H and O–H groups in total. The van der Waals surface area contributed by atoms with Crippen LogP contribution < -0.4 is 4.72 Å². The summed E-state index contributed by atoms with van der Waals surface area (Å²) in [4.78, 5) is 4.54. The standard InChI is InChI=1S/C16H12Br2N2O2S/c17-13-6-7-15(14(18)9-13)23(21,22)20-10-12-4-1-3-11-5-2-8-19-16(11)12/h1-9,20H,10H2. The quantitative estimate of drug-likeness (QED) is 0.640. The monoisotopic (exact) mass is 454 g/mol. The SMILES string of the molecule is O=S(=O)(NCc1cccc2cccnc12)c1ccc(Br)cc1Br. The summed E-state index contributed by atoms with van der Waals surface area (Å²) in [7, 11) is -3.62. The molecule has 0 spiro atoms. The largest absolute Gasteiger partial charge is 0.256 e. The predicted molar refractivity (Wildman–Crippen MR) is 97.6 cm³/mol. The zero-order valence-corrected chi connectivity index (χ0v) is 15.8. The van der Waals surface area contributed by atoms with Gasteiger partial charge < -0.3 is 0 Å². The van der Waals surface area contributed by atoms with E-state index in [1.54, 1.807) is 24.4 Å². The van der Waals surface area contributed by atoms with E-state index in [1.165, 1.54) is 0 Å². The predicted octanol–water partition coefficient (Wildman–Crippen LogP) is 4.24. The van der Waals surface area contributed by atoms with E-state index < -0.39 is 10.0 Å². The second-order valence-electron chi connectivity index (χ2n) is 4.89. The normalized spacial score (nSPS) is 11.7. The Morgan fingerprint density at radius 3 is 2.61 bits per heavy atom. The van der Waals surface area contributed by atoms with Crippen LogP contribution >= 0.6 is 31.9 Å². The van der Waals surface area contributed by atoms with E-state index in [-0.39, 0.29) is 11.4 Å². The first-order chi connectivity index (χ1) is 11.0. The number of hydrogen-bond donors (Lipinski definition) is 1. The summed E-state index contributed by atoms with van der Waals surface area (Å²) < 4.78 is 28.9. The zero-order chi connectivity index (χ0) is 16.4. The van der Waals surface area contributed by atoms with Gasteiger partial charge in [0.05, 0.1) is 10.4 Å². The number of fused-ring (bicyclic) bond motifs is 1. The highest BCUT2D eigenvalue weighted by molar-refractivity contribution is 9.11. The number of para-hydroxylation sites is 1. The van der Waals surface area contributed by atoms with Gasteiger partial charge in [0.1, 0.15) is 0 Å². The van der Waals surface area contributed by atoms with Crippen molar-refractivity contribution >= 4 is 52.8 Å². The minimum Gasteiger partial charge on any atom is -0.256 e. The summed E-state index contributed by atoms with van der Waals surface area (Å²) in [6.07, 6.45) is 1.70. The molecule has 1 heterocycles. The summed E-state index contributed by atoms with van der Waals surface area (Å²) in [5, 5.41) is 0.981. The van der Waals surface area contributed by atoms with Crippen molar-refractivity contribution < 1.29 is 8.42 Å². The number of rotatable bonds is 4. The Kier molecular flexibility index (Phi) is 4.82. The molecule has 0 fully saturated rings. The molecule has 0 unspecified atom stereocenters. The van der Waals surface area contributed by atoms with Crippen LogP contribution in [0.25, 0.3) is 10.9 Å². The first-order valence-corrected chi connectivity index (χ1v) is 9.82. The van der Waals surface area contributed by atoms with Gasteiger partial charge in [0.15, 0.2) is 0 Å². The average molecular weight is 456 g/mol. The van der Waals surface area contributed by atoms with Crippen LogP contribution in [-0.2, 0) is 16.6 Å². The van der Waals surface area contributed by atoms with Crippen molar-refractivity contribution in [2.24, 2.45) is 0 Å². The Morgan fingerprint density at radius 2 is 1.83 bits per heavy atom. The lowest BCUT2D eigenvalue weighted by atomic mass is 10.1. The molecule has 7 heteroatoms. The van der Waals surface area contributed by atoms with Crippen LogP contribution in [0.1, 0.15) is 5.56 Å². The van der Waals surface area contributed by atoms with Crippen LogP contribution in [0.2, 0.25) is 0 Å². The number of pyridine rings is 1. The van der Waals surface area contributed by atoms with E-state index >= 15 is 0 Å². The number of sulfonamides is 1. The summed E-state index contributed by atoms with van der Waals surface area (Å²) >= 11 is 6.60. The number of benzene rings is 2. The van der Waals surface area contributed by atoms with E-state index in [9.17, 15) is 8.42 Å². The summed E-state index contributed by atoms with van der Waals surface area (Å²) in [6, 6.07) is 14.5. The van der Waals surface area contributed by atoms with Gasteiger partial charge in [-0.2, -0.15) is 0 Å². The number of halogens is 2. The van der Waals surface area contributed by atoms with Gasteiger partial charge in [-0.25, -0.2) is 13.1 Å². The van der Waals surface area contributed by atoms with Crippen molar-refractivity contribution in [1.29, 1.82) is 0 Å². The second-order valence-corrected chi connectivity index (χ2v) is 8.40. The molecule has 1 aromatic heterocycles. The Morgan fingerprint density at radius 1 is 1.04 bits per heavy atom. The van der Waals surface area contributed by atoms with E-state index in [1.807, 2.05) is 30.3 Å². The van der Waals surface area contributed by atoms with Crippen molar-refractivity contribution in [1.82, 2.24) is 9.71 Å². The Hall–Kier alpha value is -1.28. The van der Waals surface area contributed by atoms with E-state index in [2.05, 4.69) is 41.6 Å². The van der Waals surface area contributed by atoms with E-state index in [0.717, 1.165) is 20.9 Å². The molecule has 0 radical (unpaired) electrons. The second kappa shape index (κ2) is 6.68. The zero-order valence-electron chi connectivity index (χ0n) is 11.8. The first kappa shape index (κ1) is 16.6. The maximum atomic E-state index is 12.5. The molecule has 2 aromatic carbocycles. The Labute approximate surface area is 151 Å². The highest BCUT2D eigenvalue weighted by Crippen LogP contribution is 2.26. The fraction of sp³-hybridized carbons (Fsp3) is 0.0625. The molecule has 0 aliphatic rings. The molecule has 3 rings (SSSR count). The lowest BCUT2D eigenvalue weighted by Gasteiger charge is -2.10. The summed E-state index contributed by atoms with van der Waals surface area (Å²) in [6.45, 7) is 0.180. The molecule has 4 nitrogen and oxygen atoms in total. The van der Waals surface area contributed by atoms with Crippen LogP contribution in [0.5, 0.6) is 0 Å². The van der Waals surface area contributed by atoms with Gasteiger partial charge in [-0.05, 0) is 45.8 Å². The van der Waals surface area contributed by atoms with Gasteiger partial charge in [-0.1, -0.05) is 40.2 Å². The molecule has 118 valence electrons. The van der Waals surface area contributed by atoms with E-state index in [0.29, 0.717) is 4.47 Å². The minimum atomic E-state index is -3.62. The van der Waals surface area contributed by atoms with Gasteiger partial charge in [0.2, 0.25) is 10.0 Å². The highest BCUT2D eigenvalue weighted by Gasteiger charge is 2.18. The number of nitrogens with one attached hydrogen (secondary N) is 1. The highest BCUT2D eigenvalue weighted by atomic mass is 79.9. The molecule has 3 aromatic rings. The number of hydrogen-bond acceptors (Lipinski definition) is 3. The van der Waals surface area contributed by atoms with Crippen LogP contribution in [0.3, 0.4) is 0 Å². The Bertz CT molecular complexity index is 969. The summed E-state index contributed by atoms with van der Waals surface area (Å²) in [5.74, 6) is 0. The Balaban J connectivity index is 1.89. The van der Waals surface area contributed by atoms with Gasteiger partial charge >= 0.3 is 0 Å². The molecular formula is C16H12Br2N2O2S.